The van der Waals surface area contributed by atoms with Gasteiger partial charge in [0.05, 0.1) is 9.67 Å². The molecule has 8 heteroatoms. The maximum atomic E-state index is 10.8. The van der Waals surface area contributed by atoms with Crippen molar-refractivity contribution < 1.29 is 15.8 Å². The van der Waals surface area contributed by atoms with Gasteiger partial charge in [-0.05, 0) is 29.7 Å². The molecule has 1 heterocycles. The summed E-state index contributed by atoms with van der Waals surface area (Å²) in [6, 6.07) is 3.04. The fourth-order valence-corrected chi connectivity index (χ4v) is 5.04. The number of hydrogen-bond donors (Lipinski definition) is 0. The van der Waals surface area contributed by atoms with Gasteiger partial charge in [-0.25, -0.2) is 4.98 Å². The zero-order valence-corrected chi connectivity index (χ0v) is 13.0. The van der Waals surface area contributed by atoms with E-state index in [-0.39, 0.29) is 17.0 Å². The van der Waals surface area contributed by atoms with Crippen molar-refractivity contribution in [1.82, 2.24) is 4.98 Å². The molecule has 2 rings (SSSR count). The van der Waals surface area contributed by atoms with Gasteiger partial charge in [-0.15, -0.1) is 0 Å². The van der Waals surface area contributed by atoms with Crippen molar-refractivity contribution in [3.63, 3.8) is 0 Å². The SMILES string of the molecule is [2H]C(=O)OCC1(SSc2ccc([N+](=O)[O-])cn2)CCCCC1. The molecule has 0 N–H and O–H groups in total. The molecule has 21 heavy (non-hydrogen) atoms. The predicted octanol–water partition coefficient (Wildman–Crippen LogP) is 3.61. The van der Waals surface area contributed by atoms with Crippen LogP contribution in [0.25, 0.3) is 0 Å². The highest BCUT2D eigenvalue weighted by Crippen LogP contribution is 2.48. The Hall–Kier alpha value is -1.28. The Morgan fingerprint density at radius 2 is 2.24 bits per heavy atom. The molecule has 1 aromatic rings. The van der Waals surface area contributed by atoms with Crippen molar-refractivity contribution in [3.05, 3.63) is 28.4 Å². The van der Waals surface area contributed by atoms with Gasteiger partial charge in [-0.1, -0.05) is 30.1 Å². The van der Waals surface area contributed by atoms with Crippen LogP contribution in [-0.4, -0.2) is 27.7 Å². The summed E-state index contributed by atoms with van der Waals surface area (Å²) in [5.74, 6) is 0. The van der Waals surface area contributed by atoms with Crippen molar-refractivity contribution in [2.24, 2.45) is 0 Å². The van der Waals surface area contributed by atoms with Crippen molar-refractivity contribution in [1.29, 1.82) is 0 Å². The lowest BCUT2D eigenvalue weighted by atomic mass is 9.89. The summed E-state index contributed by atoms with van der Waals surface area (Å²) in [4.78, 5) is 24.9. The number of nitro groups is 1. The number of carbonyl (C=O) groups excluding carboxylic acids is 1. The molecule has 0 radical (unpaired) electrons. The molecule has 0 bridgehead atoms. The van der Waals surface area contributed by atoms with Crippen molar-refractivity contribution in [2.45, 2.75) is 41.9 Å². The van der Waals surface area contributed by atoms with E-state index in [1.807, 2.05) is 0 Å². The van der Waals surface area contributed by atoms with Gasteiger partial charge in [0.15, 0.2) is 1.37 Å². The summed E-state index contributed by atoms with van der Waals surface area (Å²) in [6.07, 6.45) is 5.37. The third kappa shape index (κ3) is 4.60. The number of pyridine rings is 1. The molecular formula is C13H16N2O4S2. The summed E-state index contributed by atoms with van der Waals surface area (Å²) in [6.45, 7) is 0.222. The quantitative estimate of drug-likeness (QED) is 0.341. The second kappa shape index (κ2) is 7.65. The molecule has 0 aliphatic heterocycles. The lowest BCUT2D eigenvalue weighted by Crippen LogP contribution is -2.32. The number of aromatic nitrogens is 1. The zero-order valence-electron chi connectivity index (χ0n) is 12.3. The minimum absolute atomic E-state index is 0.0372. The standard InChI is InChI=1S/C13H16N2O4S2/c16-10-19-9-13(6-2-1-3-7-13)21-20-12-5-4-11(8-14-12)15(17)18/h4-5,8,10H,1-3,6-7,9H2/i10D. The van der Waals surface area contributed by atoms with Crippen LogP contribution < -0.4 is 0 Å². The molecule has 0 saturated heterocycles. The van der Waals surface area contributed by atoms with E-state index >= 15 is 0 Å². The fourth-order valence-electron chi connectivity index (χ4n) is 2.27. The predicted molar refractivity (Wildman–Crippen MR) is 82.2 cm³/mol. The minimum atomic E-state index is -1.01. The van der Waals surface area contributed by atoms with Crippen LogP contribution in [0.2, 0.25) is 0 Å². The smallest absolute Gasteiger partial charge is 0.293 e. The summed E-state index contributed by atoms with van der Waals surface area (Å²) >= 11 is 0. The van der Waals surface area contributed by atoms with Gasteiger partial charge in [0.1, 0.15) is 17.8 Å². The van der Waals surface area contributed by atoms with E-state index in [0.717, 1.165) is 32.1 Å². The molecule has 1 saturated carbocycles. The number of nitrogens with zero attached hydrogens (tertiary/aromatic N) is 2. The van der Waals surface area contributed by atoms with Crippen molar-refractivity contribution in [3.8, 4) is 0 Å². The van der Waals surface area contributed by atoms with Crippen molar-refractivity contribution >= 4 is 33.7 Å². The largest absolute Gasteiger partial charge is 0.466 e. The van der Waals surface area contributed by atoms with Gasteiger partial charge in [0.25, 0.3) is 12.1 Å². The Morgan fingerprint density at radius 3 is 2.81 bits per heavy atom. The first-order valence-electron chi connectivity index (χ1n) is 7.10. The third-order valence-electron chi connectivity index (χ3n) is 3.39. The van der Waals surface area contributed by atoms with E-state index in [1.165, 1.54) is 23.1 Å². The average Bonchev–Trinajstić information content (AvgIpc) is 2.52. The average molecular weight is 329 g/mol. The van der Waals surface area contributed by atoms with Crippen LogP contribution in [-0.2, 0) is 9.53 Å². The van der Waals surface area contributed by atoms with Crippen LogP contribution in [0, 0.1) is 10.1 Å². The number of carbonyl (C=O) groups is 1. The maximum Gasteiger partial charge on any atom is 0.293 e. The van der Waals surface area contributed by atoms with E-state index < -0.39 is 11.4 Å². The molecule has 1 aliphatic carbocycles. The molecule has 0 unspecified atom stereocenters. The van der Waals surface area contributed by atoms with Crippen LogP contribution in [0.15, 0.2) is 23.4 Å². The van der Waals surface area contributed by atoms with E-state index in [0.29, 0.717) is 5.03 Å². The highest BCUT2D eigenvalue weighted by atomic mass is 33.1. The Balaban J connectivity index is 1.98. The van der Waals surface area contributed by atoms with E-state index in [1.54, 1.807) is 16.9 Å². The summed E-state index contributed by atoms with van der Waals surface area (Å²) in [5, 5.41) is 11.3. The first-order valence-corrected chi connectivity index (χ1v) is 8.75. The molecule has 114 valence electrons. The molecule has 0 spiro atoms. The zero-order chi connectivity index (χ0) is 16.0. The fraction of sp³-hybridized carbons (Fsp3) is 0.538. The summed E-state index contributed by atoms with van der Waals surface area (Å²) < 4.78 is 11.6. The summed E-state index contributed by atoms with van der Waals surface area (Å²) in [5.41, 5.74) is -0.0372. The van der Waals surface area contributed by atoms with Gasteiger partial charge in [-0.3, -0.25) is 14.9 Å². The van der Waals surface area contributed by atoms with Gasteiger partial charge < -0.3 is 4.74 Å². The van der Waals surface area contributed by atoms with E-state index in [4.69, 9.17) is 6.11 Å². The highest BCUT2D eigenvalue weighted by Gasteiger charge is 2.34. The first-order chi connectivity index (χ1) is 10.5. The van der Waals surface area contributed by atoms with Crippen LogP contribution in [0.3, 0.4) is 0 Å². The lowest BCUT2D eigenvalue weighted by molar-refractivity contribution is -0.385. The molecule has 1 aliphatic rings. The molecule has 1 aromatic heterocycles. The maximum absolute atomic E-state index is 10.8. The van der Waals surface area contributed by atoms with Gasteiger partial charge in [0, 0.05) is 6.07 Å². The summed E-state index contributed by atoms with van der Waals surface area (Å²) in [7, 11) is 3.01. The second-order valence-electron chi connectivity index (χ2n) is 4.89. The van der Waals surface area contributed by atoms with Crippen LogP contribution in [0.1, 0.15) is 33.5 Å². The normalized spacial score (nSPS) is 17.8. The van der Waals surface area contributed by atoms with E-state index in [2.05, 4.69) is 4.98 Å². The number of hydrogen-bond acceptors (Lipinski definition) is 7. The van der Waals surface area contributed by atoms with Crippen LogP contribution in [0.5, 0.6) is 0 Å². The minimum Gasteiger partial charge on any atom is -0.466 e. The third-order valence-corrected chi connectivity index (χ3v) is 6.59. The topological polar surface area (TPSA) is 82.3 Å². The molecule has 6 nitrogen and oxygen atoms in total. The molecule has 0 atom stereocenters. The Labute approximate surface area is 132 Å². The van der Waals surface area contributed by atoms with Gasteiger partial charge in [-0.2, -0.15) is 0 Å². The number of rotatable bonds is 6. The monoisotopic (exact) mass is 329 g/mol. The molecule has 1 fully saturated rings. The molecule has 0 aromatic carbocycles. The van der Waals surface area contributed by atoms with E-state index in [9.17, 15) is 14.9 Å². The Kier molecular flexibility index (Phi) is 5.34. The van der Waals surface area contributed by atoms with Gasteiger partial charge >= 0.3 is 0 Å². The highest BCUT2D eigenvalue weighted by molar-refractivity contribution is 8.77. The first kappa shape index (κ1) is 14.6. The van der Waals surface area contributed by atoms with Crippen molar-refractivity contribution in [2.75, 3.05) is 6.61 Å². The Morgan fingerprint density at radius 1 is 1.48 bits per heavy atom. The molecule has 0 amide bonds. The number of ether oxygens (including phenoxy) is 1. The van der Waals surface area contributed by atoms with Crippen LogP contribution >= 0.6 is 21.6 Å². The lowest BCUT2D eigenvalue weighted by Gasteiger charge is -2.34. The molecular weight excluding hydrogens is 312 g/mol. The van der Waals surface area contributed by atoms with Crippen LogP contribution in [0.4, 0.5) is 5.69 Å². The Bertz CT molecular complexity index is 535. The second-order valence-corrected chi connectivity index (χ2v) is 7.51. The van der Waals surface area contributed by atoms with Gasteiger partial charge in [0.2, 0.25) is 0 Å².